The Morgan fingerprint density at radius 1 is 1.23 bits per heavy atom. The van der Waals surface area contributed by atoms with Crippen LogP contribution in [0.4, 0.5) is 13.2 Å². The average Bonchev–Trinajstić information content (AvgIpc) is 3.08. The van der Waals surface area contributed by atoms with Crippen molar-refractivity contribution in [2.45, 2.75) is 31.2 Å². The number of aromatic nitrogens is 3. The largest absolute Gasteiger partial charge is 0.466 e. The first-order valence-electron chi connectivity index (χ1n) is 9.07. The molecule has 2 heterocycles. The van der Waals surface area contributed by atoms with E-state index in [-0.39, 0.29) is 24.6 Å². The summed E-state index contributed by atoms with van der Waals surface area (Å²) in [5.74, 6) is -0.381. The van der Waals surface area contributed by atoms with E-state index >= 15 is 0 Å². The highest BCUT2D eigenvalue weighted by Crippen LogP contribution is 2.34. The summed E-state index contributed by atoms with van der Waals surface area (Å²) in [6.45, 7) is 1.56. The summed E-state index contributed by atoms with van der Waals surface area (Å²) in [6, 6.07) is 7.25. The van der Waals surface area contributed by atoms with Crippen molar-refractivity contribution in [2.75, 3.05) is 20.0 Å². The number of hydrogen-bond donors (Lipinski definition) is 0. The molecule has 2 aromatic heterocycles. The van der Waals surface area contributed by atoms with Crippen LogP contribution in [0.25, 0.3) is 11.0 Å². The topological polar surface area (TPSA) is 66.2 Å². The third-order valence-corrected chi connectivity index (χ3v) is 5.08. The third-order valence-electron chi connectivity index (χ3n) is 4.53. The van der Waals surface area contributed by atoms with Gasteiger partial charge in [0.2, 0.25) is 5.88 Å². The predicted molar refractivity (Wildman–Crippen MR) is 107 cm³/mol. The maximum Gasteiger partial charge on any atom is 0.416 e. The summed E-state index contributed by atoms with van der Waals surface area (Å²) in [7, 11) is 1.25. The van der Waals surface area contributed by atoms with Crippen LogP contribution in [-0.2, 0) is 28.7 Å². The molecular formula is C20H20F3N3O3S. The van der Waals surface area contributed by atoms with Crippen molar-refractivity contribution in [3.8, 4) is 5.88 Å². The number of esters is 1. The molecule has 0 N–H and O–H groups in total. The molecule has 0 unspecified atom stereocenters. The van der Waals surface area contributed by atoms with Crippen LogP contribution in [0.2, 0.25) is 0 Å². The van der Waals surface area contributed by atoms with Crippen molar-refractivity contribution in [1.29, 1.82) is 0 Å². The van der Waals surface area contributed by atoms with E-state index in [1.54, 1.807) is 23.0 Å². The molecule has 6 nitrogen and oxygen atoms in total. The lowest BCUT2D eigenvalue weighted by Gasteiger charge is -2.15. The molecule has 0 spiro atoms. The monoisotopic (exact) mass is 439 g/mol. The molecule has 0 radical (unpaired) electrons. The summed E-state index contributed by atoms with van der Waals surface area (Å²) in [5.41, 5.74) is 0.675. The summed E-state index contributed by atoms with van der Waals surface area (Å²) in [4.78, 5) is 20.3. The molecule has 0 bridgehead atoms. The molecule has 3 aromatic rings. The molecule has 1 aromatic carbocycles. The van der Waals surface area contributed by atoms with Crippen molar-refractivity contribution in [3.63, 3.8) is 0 Å². The third kappa shape index (κ3) is 4.53. The van der Waals surface area contributed by atoms with Crippen molar-refractivity contribution in [2.24, 2.45) is 0 Å². The van der Waals surface area contributed by atoms with Crippen molar-refractivity contribution in [3.05, 3.63) is 47.2 Å². The van der Waals surface area contributed by atoms with E-state index < -0.39 is 17.7 Å². The molecule has 10 heteroatoms. The van der Waals surface area contributed by atoms with Gasteiger partial charge < -0.3 is 14.0 Å². The Balaban J connectivity index is 2.13. The van der Waals surface area contributed by atoms with E-state index in [1.807, 2.05) is 6.92 Å². The second-order valence-corrected chi connectivity index (χ2v) is 7.12. The maximum atomic E-state index is 13.5. The number of nitrogens with zero attached hydrogens (tertiary/aromatic N) is 3. The molecule has 160 valence electrons. The smallest absolute Gasteiger partial charge is 0.416 e. The van der Waals surface area contributed by atoms with E-state index in [0.717, 1.165) is 11.8 Å². The Bertz CT molecular complexity index is 1070. The summed E-state index contributed by atoms with van der Waals surface area (Å²) in [5, 5.41) is 0.909. The number of hydrogen-bond acceptors (Lipinski definition) is 6. The van der Waals surface area contributed by atoms with Gasteiger partial charge in [-0.2, -0.15) is 18.2 Å². The number of alkyl halides is 3. The van der Waals surface area contributed by atoms with Gasteiger partial charge in [-0.1, -0.05) is 36.9 Å². The number of aryl methyl sites for hydroxylation is 1. The molecule has 30 heavy (non-hydrogen) atoms. The Morgan fingerprint density at radius 2 is 1.97 bits per heavy atom. The van der Waals surface area contributed by atoms with Crippen LogP contribution in [0.15, 0.2) is 35.5 Å². The number of benzene rings is 1. The number of thioether (sulfide) groups is 1. The van der Waals surface area contributed by atoms with Crippen LogP contribution < -0.4 is 4.74 Å². The lowest BCUT2D eigenvalue weighted by atomic mass is 10.1. The van der Waals surface area contributed by atoms with Crippen LogP contribution in [0.3, 0.4) is 0 Å². The minimum Gasteiger partial charge on any atom is -0.466 e. The molecule has 0 saturated carbocycles. The maximum absolute atomic E-state index is 13.5. The lowest BCUT2D eigenvalue weighted by molar-refractivity contribution is -0.143. The number of rotatable bonds is 7. The zero-order valence-electron chi connectivity index (χ0n) is 16.6. The highest BCUT2D eigenvalue weighted by atomic mass is 32.2. The summed E-state index contributed by atoms with van der Waals surface area (Å²) < 4.78 is 52.2. The first kappa shape index (κ1) is 21.9. The molecule has 3 rings (SSSR count). The Hall–Kier alpha value is -2.75. The van der Waals surface area contributed by atoms with E-state index in [4.69, 9.17) is 4.74 Å². The fraction of sp³-hybridized carbons (Fsp3) is 0.350. The van der Waals surface area contributed by atoms with Crippen LogP contribution in [0.1, 0.15) is 23.7 Å². The van der Waals surface area contributed by atoms with Crippen molar-refractivity contribution < 1.29 is 27.4 Å². The van der Waals surface area contributed by atoms with Crippen LogP contribution in [0.5, 0.6) is 5.88 Å². The first-order valence-corrected chi connectivity index (χ1v) is 10.3. The Kier molecular flexibility index (Phi) is 6.55. The number of halogens is 3. The number of carbonyl (C=O) groups is 1. The van der Waals surface area contributed by atoms with Gasteiger partial charge in [-0.05, 0) is 30.4 Å². The van der Waals surface area contributed by atoms with Crippen molar-refractivity contribution >= 4 is 28.8 Å². The lowest BCUT2D eigenvalue weighted by Crippen LogP contribution is -2.14. The molecule has 0 aliphatic carbocycles. The normalized spacial score (nSPS) is 11.7. The van der Waals surface area contributed by atoms with Gasteiger partial charge in [-0.25, -0.2) is 9.78 Å². The quantitative estimate of drug-likeness (QED) is 0.310. The van der Waals surface area contributed by atoms with Crippen molar-refractivity contribution in [1.82, 2.24) is 14.5 Å². The molecule has 0 fully saturated rings. The molecule has 0 saturated heterocycles. The molecule has 0 amide bonds. The molecule has 0 aliphatic rings. The van der Waals surface area contributed by atoms with Gasteiger partial charge in [0, 0.05) is 12.2 Å². The van der Waals surface area contributed by atoms with Gasteiger partial charge in [0.25, 0.3) is 0 Å². The zero-order chi connectivity index (χ0) is 21.9. The van der Waals surface area contributed by atoms with E-state index in [1.165, 1.54) is 31.0 Å². The number of carbonyl (C=O) groups excluding carboxylic acids is 1. The van der Waals surface area contributed by atoms with Gasteiger partial charge in [0.15, 0.2) is 11.8 Å². The SMILES string of the molecule is CCc1cc2c(OCC(=O)OC)nc(SC)nc2n1Cc1ccccc1C(F)(F)F. The Labute approximate surface area is 175 Å². The molecule has 0 aliphatic heterocycles. The summed E-state index contributed by atoms with van der Waals surface area (Å²) in [6.07, 6.45) is -2.12. The second-order valence-electron chi connectivity index (χ2n) is 6.35. The molecule has 0 atom stereocenters. The fourth-order valence-electron chi connectivity index (χ4n) is 3.09. The van der Waals surface area contributed by atoms with Crippen LogP contribution in [-0.4, -0.2) is 40.5 Å². The van der Waals surface area contributed by atoms with Gasteiger partial charge in [0.1, 0.15) is 5.65 Å². The van der Waals surface area contributed by atoms with Gasteiger partial charge >= 0.3 is 12.1 Å². The minimum atomic E-state index is -4.46. The van der Waals surface area contributed by atoms with Gasteiger partial charge in [-0.15, -0.1) is 0 Å². The van der Waals surface area contributed by atoms with Crippen LogP contribution in [0, 0.1) is 0 Å². The standard InChI is InChI=1S/C20H20F3N3O3S/c1-4-13-9-14-17(24-19(30-3)25-18(14)29-11-16(27)28-2)26(13)10-12-7-5-6-8-15(12)20(21,22)23/h5-9H,4,10-11H2,1-3H3. The number of fused-ring (bicyclic) bond motifs is 1. The first-order chi connectivity index (χ1) is 14.3. The number of methoxy groups -OCH3 is 1. The van der Waals surface area contributed by atoms with Gasteiger partial charge in [-0.3, -0.25) is 0 Å². The highest BCUT2D eigenvalue weighted by Gasteiger charge is 2.33. The number of ether oxygens (including phenoxy) is 2. The average molecular weight is 439 g/mol. The fourth-order valence-corrected chi connectivity index (χ4v) is 3.45. The van der Waals surface area contributed by atoms with E-state index in [0.29, 0.717) is 22.6 Å². The van der Waals surface area contributed by atoms with Crippen LogP contribution >= 0.6 is 11.8 Å². The zero-order valence-corrected chi connectivity index (χ0v) is 17.4. The minimum absolute atomic E-state index is 0.0103. The van der Waals surface area contributed by atoms with E-state index in [2.05, 4.69) is 14.7 Å². The summed E-state index contributed by atoms with van der Waals surface area (Å²) >= 11 is 1.27. The van der Waals surface area contributed by atoms with E-state index in [9.17, 15) is 18.0 Å². The predicted octanol–water partition coefficient (Wildman–Crippen LogP) is 4.33. The highest BCUT2D eigenvalue weighted by molar-refractivity contribution is 7.98. The molecular weight excluding hydrogens is 419 g/mol. The van der Waals surface area contributed by atoms with Gasteiger partial charge in [0.05, 0.1) is 18.1 Å². The second kappa shape index (κ2) is 8.95. The Morgan fingerprint density at radius 3 is 2.60 bits per heavy atom.